The topological polar surface area (TPSA) is 121 Å². The summed E-state index contributed by atoms with van der Waals surface area (Å²) >= 11 is 0. The van der Waals surface area contributed by atoms with Crippen LogP contribution in [-0.4, -0.2) is 35.9 Å². The van der Waals surface area contributed by atoms with E-state index >= 15 is 0 Å². The summed E-state index contributed by atoms with van der Waals surface area (Å²) in [5, 5.41) is 14.9. The van der Waals surface area contributed by atoms with Gasteiger partial charge < -0.3 is 10.3 Å². The standard InChI is InChI=1S/C21H21N7O2/c1-12(2)28-20-16(11-23-28)10-15(21(30)25-20)4-5-17(29)24-19-13(3)18(26-27-19)14-6-8-22-9-7-14/h4-12H,1-3H3,(H,25,30)(H2,24,26,27,29). The lowest BCUT2D eigenvalue weighted by molar-refractivity contribution is -0.111. The van der Waals surface area contributed by atoms with E-state index in [-0.39, 0.29) is 17.5 Å². The molecule has 0 aliphatic heterocycles. The number of fused-ring (bicyclic) bond motifs is 1. The van der Waals surface area contributed by atoms with Gasteiger partial charge in [-0.25, -0.2) is 4.68 Å². The summed E-state index contributed by atoms with van der Waals surface area (Å²) in [5.74, 6) is 0.0438. The van der Waals surface area contributed by atoms with E-state index < -0.39 is 0 Å². The summed E-state index contributed by atoms with van der Waals surface area (Å²) in [4.78, 5) is 31.6. The molecular formula is C21H21N7O2. The van der Waals surface area contributed by atoms with E-state index in [4.69, 9.17) is 0 Å². The molecule has 152 valence electrons. The average molecular weight is 403 g/mol. The van der Waals surface area contributed by atoms with E-state index in [0.717, 1.165) is 22.2 Å². The summed E-state index contributed by atoms with van der Waals surface area (Å²) in [6, 6.07) is 5.55. The van der Waals surface area contributed by atoms with E-state index in [1.165, 1.54) is 12.2 Å². The molecule has 0 aliphatic carbocycles. The molecule has 0 fully saturated rings. The molecule has 30 heavy (non-hydrogen) atoms. The first-order valence-corrected chi connectivity index (χ1v) is 9.49. The molecule has 4 aromatic heterocycles. The first kappa shape index (κ1) is 19.3. The van der Waals surface area contributed by atoms with Crippen molar-refractivity contribution in [3.05, 3.63) is 64.3 Å². The number of nitrogens with one attached hydrogen (secondary N) is 3. The van der Waals surface area contributed by atoms with Crippen molar-refractivity contribution in [2.75, 3.05) is 5.32 Å². The van der Waals surface area contributed by atoms with Crippen LogP contribution in [0.4, 0.5) is 5.82 Å². The zero-order valence-electron chi connectivity index (χ0n) is 16.8. The second-order valence-electron chi connectivity index (χ2n) is 7.17. The Labute approximate surface area is 171 Å². The van der Waals surface area contributed by atoms with Gasteiger partial charge in [-0.3, -0.25) is 19.7 Å². The Balaban J connectivity index is 1.53. The van der Waals surface area contributed by atoms with Crippen molar-refractivity contribution in [3.63, 3.8) is 0 Å². The lowest BCUT2D eigenvalue weighted by Gasteiger charge is -2.06. The fraction of sp³-hybridized carbons (Fsp3) is 0.190. The number of nitrogens with zero attached hydrogens (tertiary/aromatic N) is 4. The maximum atomic E-state index is 12.4. The second kappa shape index (κ2) is 7.78. The number of pyridine rings is 2. The maximum Gasteiger partial charge on any atom is 0.256 e. The summed E-state index contributed by atoms with van der Waals surface area (Å²) in [6.07, 6.45) is 7.86. The summed E-state index contributed by atoms with van der Waals surface area (Å²) in [7, 11) is 0. The number of anilines is 1. The molecule has 0 atom stereocenters. The lowest BCUT2D eigenvalue weighted by atomic mass is 10.1. The van der Waals surface area contributed by atoms with E-state index in [9.17, 15) is 9.59 Å². The van der Waals surface area contributed by atoms with Crippen molar-refractivity contribution in [1.29, 1.82) is 0 Å². The van der Waals surface area contributed by atoms with Crippen LogP contribution in [0.3, 0.4) is 0 Å². The van der Waals surface area contributed by atoms with E-state index in [1.807, 2.05) is 32.9 Å². The number of hydrogen-bond donors (Lipinski definition) is 3. The summed E-state index contributed by atoms with van der Waals surface area (Å²) in [5.41, 5.74) is 3.28. The van der Waals surface area contributed by atoms with E-state index in [1.54, 1.807) is 29.3 Å². The summed E-state index contributed by atoms with van der Waals surface area (Å²) in [6.45, 7) is 5.84. The molecule has 9 nitrogen and oxygen atoms in total. The van der Waals surface area contributed by atoms with Gasteiger partial charge in [0.15, 0.2) is 5.82 Å². The van der Waals surface area contributed by atoms with Crippen LogP contribution in [0.5, 0.6) is 0 Å². The number of amides is 1. The molecule has 0 unspecified atom stereocenters. The smallest absolute Gasteiger partial charge is 0.256 e. The van der Waals surface area contributed by atoms with E-state index in [2.05, 4.69) is 30.6 Å². The number of carbonyl (C=O) groups is 1. The minimum absolute atomic E-state index is 0.124. The lowest BCUT2D eigenvalue weighted by Crippen LogP contribution is -2.13. The first-order valence-electron chi connectivity index (χ1n) is 9.49. The van der Waals surface area contributed by atoms with Gasteiger partial charge in [0.05, 0.1) is 11.9 Å². The zero-order valence-corrected chi connectivity index (χ0v) is 16.8. The average Bonchev–Trinajstić information content (AvgIpc) is 3.30. The molecule has 0 aliphatic rings. The van der Waals surface area contributed by atoms with Crippen LogP contribution in [0.25, 0.3) is 28.4 Å². The Morgan fingerprint density at radius 2 is 2.03 bits per heavy atom. The van der Waals surface area contributed by atoms with E-state index in [0.29, 0.717) is 17.0 Å². The number of aromatic amines is 2. The Hall–Kier alpha value is -4.01. The fourth-order valence-corrected chi connectivity index (χ4v) is 3.18. The third-order valence-corrected chi connectivity index (χ3v) is 4.75. The molecule has 4 heterocycles. The monoisotopic (exact) mass is 403 g/mol. The highest BCUT2D eigenvalue weighted by Crippen LogP contribution is 2.25. The molecule has 0 saturated heterocycles. The minimum Gasteiger partial charge on any atom is -0.306 e. The van der Waals surface area contributed by atoms with Gasteiger partial charge in [-0.1, -0.05) is 0 Å². The van der Waals surface area contributed by atoms with Crippen molar-refractivity contribution >= 4 is 28.8 Å². The molecule has 9 heteroatoms. The van der Waals surface area contributed by atoms with Crippen LogP contribution in [0.15, 0.2) is 47.7 Å². The highest BCUT2D eigenvalue weighted by molar-refractivity contribution is 6.02. The van der Waals surface area contributed by atoms with Crippen molar-refractivity contribution in [2.24, 2.45) is 0 Å². The zero-order chi connectivity index (χ0) is 21.3. The molecule has 4 aromatic rings. The predicted octanol–water partition coefficient (Wildman–Crippen LogP) is 3.05. The molecule has 4 rings (SSSR count). The van der Waals surface area contributed by atoms with Gasteiger partial charge >= 0.3 is 0 Å². The van der Waals surface area contributed by atoms with Gasteiger partial charge in [0.25, 0.3) is 5.56 Å². The molecule has 0 bridgehead atoms. The molecular weight excluding hydrogens is 382 g/mol. The minimum atomic E-state index is -0.386. The van der Waals surface area contributed by atoms with Gasteiger partial charge in [-0.15, -0.1) is 0 Å². The number of rotatable bonds is 5. The SMILES string of the molecule is Cc1c(NC(=O)C=Cc2cc3cnn(C(C)C)c3[nH]c2=O)n[nH]c1-c1ccncc1. The van der Waals surface area contributed by atoms with Gasteiger partial charge in [0.1, 0.15) is 5.65 Å². The first-order chi connectivity index (χ1) is 14.4. The molecule has 0 spiro atoms. The van der Waals surface area contributed by atoms with Crippen LogP contribution < -0.4 is 10.9 Å². The number of H-pyrrole nitrogens is 2. The highest BCUT2D eigenvalue weighted by atomic mass is 16.1. The third-order valence-electron chi connectivity index (χ3n) is 4.75. The van der Waals surface area contributed by atoms with Gasteiger partial charge in [-0.2, -0.15) is 10.2 Å². The molecule has 0 aromatic carbocycles. The highest BCUT2D eigenvalue weighted by Gasteiger charge is 2.13. The molecule has 0 radical (unpaired) electrons. The summed E-state index contributed by atoms with van der Waals surface area (Å²) < 4.78 is 1.75. The Morgan fingerprint density at radius 1 is 1.27 bits per heavy atom. The molecule has 0 saturated carbocycles. The van der Waals surface area contributed by atoms with Crippen LogP contribution >= 0.6 is 0 Å². The van der Waals surface area contributed by atoms with Gasteiger partial charge in [-0.05, 0) is 45.0 Å². The maximum absolute atomic E-state index is 12.4. The molecule has 3 N–H and O–H groups in total. The number of hydrogen-bond acceptors (Lipinski definition) is 5. The van der Waals surface area contributed by atoms with Crippen molar-refractivity contribution in [3.8, 4) is 11.3 Å². The van der Waals surface area contributed by atoms with Crippen LogP contribution in [0.2, 0.25) is 0 Å². The van der Waals surface area contributed by atoms with Gasteiger partial charge in [0, 0.05) is 46.6 Å². The van der Waals surface area contributed by atoms with Crippen molar-refractivity contribution < 1.29 is 4.79 Å². The predicted molar refractivity (Wildman–Crippen MR) is 115 cm³/mol. The normalized spacial score (nSPS) is 11.6. The van der Waals surface area contributed by atoms with Crippen LogP contribution in [-0.2, 0) is 4.79 Å². The fourth-order valence-electron chi connectivity index (χ4n) is 3.18. The Kier molecular flexibility index (Phi) is 5.01. The largest absolute Gasteiger partial charge is 0.306 e. The van der Waals surface area contributed by atoms with Crippen LogP contribution in [0, 0.1) is 6.92 Å². The quantitative estimate of drug-likeness (QED) is 0.442. The van der Waals surface area contributed by atoms with Crippen molar-refractivity contribution in [2.45, 2.75) is 26.8 Å². The van der Waals surface area contributed by atoms with Crippen molar-refractivity contribution in [1.82, 2.24) is 29.9 Å². The third kappa shape index (κ3) is 3.64. The number of carbonyl (C=O) groups excluding carboxylic acids is 1. The molecule has 1 amide bonds. The Morgan fingerprint density at radius 3 is 2.77 bits per heavy atom. The Bertz CT molecular complexity index is 1300. The van der Waals surface area contributed by atoms with Crippen LogP contribution in [0.1, 0.15) is 31.0 Å². The van der Waals surface area contributed by atoms with Gasteiger partial charge in [0.2, 0.25) is 5.91 Å². The second-order valence-corrected chi connectivity index (χ2v) is 7.17. The number of aromatic nitrogens is 6.